The second-order valence-electron chi connectivity index (χ2n) is 5.32. The summed E-state index contributed by atoms with van der Waals surface area (Å²) in [5.41, 5.74) is 0. The first-order chi connectivity index (χ1) is 8.75. The van der Waals surface area contributed by atoms with Crippen LogP contribution in [0, 0.1) is 12.8 Å². The normalized spacial score (nSPS) is 19.0. The quantitative estimate of drug-likeness (QED) is 0.778. The summed E-state index contributed by atoms with van der Waals surface area (Å²) in [6.45, 7) is 7.87. The average molecular weight is 267 g/mol. The highest BCUT2D eigenvalue weighted by atomic mass is 32.1. The molecular formula is C14H25N3S. The zero-order chi connectivity index (χ0) is 12.8. The fraction of sp³-hybridized carbons (Fsp3) is 0.786. The first-order valence-electron chi connectivity index (χ1n) is 7.12. The lowest BCUT2D eigenvalue weighted by molar-refractivity contribution is 0.342. The largest absolute Gasteiger partial charge is 0.317 e. The van der Waals surface area contributed by atoms with Crippen molar-refractivity contribution >= 4 is 11.3 Å². The van der Waals surface area contributed by atoms with E-state index >= 15 is 0 Å². The topological polar surface area (TPSA) is 37.0 Å². The van der Waals surface area contributed by atoms with Crippen LogP contribution in [0.3, 0.4) is 0 Å². The van der Waals surface area contributed by atoms with Gasteiger partial charge in [0.1, 0.15) is 5.01 Å². The summed E-state index contributed by atoms with van der Waals surface area (Å²) >= 11 is 1.80. The van der Waals surface area contributed by atoms with E-state index in [-0.39, 0.29) is 0 Å². The minimum Gasteiger partial charge on any atom is -0.317 e. The Bertz CT molecular complexity index is 345. The van der Waals surface area contributed by atoms with E-state index in [2.05, 4.69) is 29.5 Å². The lowest BCUT2D eigenvalue weighted by Gasteiger charge is -2.22. The number of thiazole rings is 1. The van der Waals surface area contributed by atoms with Crippen LogP contribution in [0.25, 0.3) is 0 Å². The Balaban J connectivity index is 1.60. The molecule has 1 aliphatic rings. The van der Waals surface area contributed by atoms with Crippen LogP contribution in [0.2, 0.25) is 0 Å². The summed E-state index contributed by atoms with van der Waals surface area (Å²) in [4.78, 5) is 5.73. The van der Waals surface area contributed by atoms with E-state index in [0.717, 1.165) is 12.5 Å². The van der Waals surface area contributed by atoms with E-state index in [4.69, 9.17) is 0 Å². The molecule has 0 saturated carbocycles. The summed E-state index contributed by atoms with van der Waals surface area (Å²) in [6, 6.07) is 0.400. The van der Waals surface area contributed by atoms with Gasteiger partial charge in [-0.15, -0.1) is 11.3 Å². The molecule has 0 bridgehead atoms. The van der Waals surface area contributed by atoms with Crippen molar-refractivity contribution in [1.82, 2.24) is 15.6 Å². The second kappa shape index (κ2) is 7.22. The number of hydrogen-bond acceptors (Lipinski definition) is 4. The highest BCUT2D eigenvalue weighted by molar-refractivity contribution is 7.11. The van der Waals surface area contributed by atoms with Crippen molar-refractivity contribution in [2.45, 2.75) is 45.6 Å². The van der Waals surface area contributed by atoms with Crippen LogP contribution in [-0.4, -0.2) is 24.6 Å². The Hall–Kier alpha value is -0.450. The third kappa shape index (κ3) is 4.34. The van der Waals surface area contributed by atoms with Crippen LogP contribution in [0.15, 0.2) is 6.20 Å². The van der Waals surface area contributed by atoms with Gasteiger partial charge in [-0.25, -0.2) is 4.98 Å². The monoisotopic (exact) mass is 267 g/mol. The minimum atomic E-state index is 0.400. The maximum absolute atomic E-state index is 4.43. The van der Waals surface area contributed by atoms with Crippen molar-refractivity contribution in [2.24, 2.45) is 5.92 Å². The average Bonchev–Trinajstić information content (AvgIpc) is 2.82. The first kappa shape index (κ1) is 14.0. The molecular weight excluding hydrogens is 242 g/mol. The van der Waals surface area contributed by atoms with Gasteiger partial charge < -0.3 is 10.6 Å². The summed E-state index contributed by atoms with van der Waals surface area (Å²) in [5.74, 6) is 0.950. The van der Waals surface area contributed by atoms with Crippen molar-refractivity contribution < 1.29 is 0 Å². The highest BCUT2D eigenvalue weighted by Crippen LogP contribution is 2.20. The van der Waals surface area contributed by atoms with Gasteiger partial charge in [-0.1, -0.05) is 0 Å². The fourth-order valence-corrected chi connectivity index (χ4v) is 3.34. The van der Waals surface area contributed by atoms with Gasteiger partial charge in [-0.3, -0.25) is 0 Å². The molecule has 2 heterocycles. The molecule has 1 unspecified atom stereocenters. The van der Waals surface area contributed by atoms with Gasteiger partial charge in [0.15, 0.2) is 0 Å². The second-order valence-corrected chi connectivity index (χ2v) is 6.59. The lowest BCUT2D eigenvalue weighted by atomic mass is 9.93. The lowest BCUT2D eigenvalue weighted by Crippen LogP contribution is -2.28. The molecule has 4 heteroatoms. The molecule has 1 aliphatic heterocycles. The minimum absolute atomic E-state index is 0.400. The predicted octanol–water partition coefficient (Wildman–Crippen LogP) is 2.88. The molecule has 1 aromatic rings. The molecule has 0 amide bonds. The van der Waals surface area contributed by atoms with E-state index in [0.29, 0.717) is 6.04 Å². The molecule has 102 valence electrons. The van der Waals surface area contributed by atoms with Crippen molar-refractivity contribution in [3.63, 3.8) is 0 Å². The van der Waals surface area contributed by atoms with Crippen LogP contribution >= 0.6 is 11.3 Å². The Morgan fingerprint density at radius 1 is 1.50 bits per heavy atom. The van der Waals surface area contributed by atoms with Gasteiger partial charge in [-0.05, 0) is 65.1 Å². The summed E-state index contributed by atoms with van der Waals surface area (Å²) in [5, 5.41) is 8.23. The van der Waals surface area contributed by atoms with Crippen molar-refractivity contribution in [2.75, 3.05) is 19.6 Å². The summed E-state index contributed by atoms with van der Waals surface area (Å²) in [7, 11) is 0. The van der Waals surface area contributed by atoms with Gasteiger partial charge in [0, 0.05) is 11.1 Å². The number of nitrogens with one attached hydrogen (secondary N) is 2. The summed E-state index contributed by atoms with van der Waals surface area (Å²) < 4.78 is 0. The van der Waals surface area contributed by atoms with Gasteiger partial charge in [0.05, 0.1) is 6.04 Å². The molecule has 1 fully saturated rings. The SMILES string of the molecule is Cc1cnc(C(C)NCCCC2CCNCC2)s1. The molecule has 0 spiro atoms. The number of hydrogen-bond donors (Lipinski definition) is 2. The highest BCUT2D eigenvalue weighted by Gasteiger charge is 2.13. The molecule has 18 heavy (non-hydrogen) atoms. The van der Waals surface area contributed by atoms with Crippen LogP contribution in [0.1, 0.15) is 48.5 Å². The zero-order valence-electron chi connectivity index (χ0n) is 11.5. The Morgan fingerprint density at radius 2 is 2.28 bits per heavy atom. The standard InChI is InChI=1S/C14H25N3S/c1-11-10-17-14(18-11)12(2)16-7-3-4-13-5-8-15-9-6-13/h10,12-13,15-16H,3-9H2,1-2H3. The molecule has 2 rings (SSSR count). The van der Waals surface area contributed by atoms with Crippen molar-refractivity contribution in [3.8, 4) is 0 Å². The number of nitrogens with zero attached hydrogens (tertiary/aromatic N) is 1. The molecule has 3 nitrogen and oxygen atoms in total. The summed E-state index contributed by atoms with van der Waals surface area (Å²) in [6.07, 6.45) is 7.35. The van der Waals surface area contributed by atoms with Crippen molar-refractivity contribution in [3.05, 3.63) is 16.1 Å². The number of aryl methyl sites for hydroxylation is 1. The van der Waals surface area contributed by atoms with E-state index in [1.54, 1.807) is 11.3 Å². The van der Waals surface area contributed by atoms with Gasteiger partial charge >= 0.3 is 0 Å². The number of aromatic nitrogens is 1. The molecule has 0 aliphatic carbocycles. The van der Waals surface area contributed by atoms with Gasteiger partial charge in [-0.2, -0.15) is 0 Å². The number of piperidine rings is 1. The first-order valence-corrected chi connectivity index (χ1v) is 7.94. The van der Waals surface area contributed by atoms with E-state index < -0.39 is 0 Å². The van der Waals surface area contributed by atoms with Crippen LogP contribution in [0.5, 0.6) is 0 Å². The third-order valence-electron chi connectivity index (χ3n) is 3.71. The van der Waals surface area contributed by atoms with Gasteiger partial charge in [0.2, 0.25) is 0 Å². The predicted molar refractivity (Wildman–Crippen MR) is 78.1 cm³/mol. The maximum atomic E-state index is 4.43. The Morgan fingerprint density at radius 3 is 2.94 bits per heavy atom. The fourth-order valence-electron chi connectivity index (χ4n) is 2.54. The van der Waals surface area contributed by atoms with Crippen LogP contribution in [-0.2, 0) is 0 Å². The molecule has 0 aromatic carbocycles. The maximum Gasteiger partial charge on any atom is 0.109 e. The zero-order valence-corrected chi connectivity index (χ0v) is 12.4. The van der Waals surface area contributed by atoms with E-state index in [1.807, 2.05) is 6.20 Å². The van der Waals surface area contributed by atoms with Gasteiger partial charge in [0.25, 0.3) is 0 Å². The van der Waals surface area contributed by atoms with Crippen LogP contribution < -0.4 is 10.6 Å². The Labute approximate surface area is 114 Å². The Kier molecular flexibility index (Phi) is 5.60. The molecule has 1 saturated heterocycles. The van der Waals surface area contributed by atoms with E-state index in [1.165, 1.54) is 48.7 Å². The van der Waals surface area contributed by atoms with Crippen LogP contribution in [0.4, 0.5) is 0 Å². The number of rotatable bonds is 6. The van der Waals surface area contributed by atoms with E-state index in [9.17, 15) is 0 Å². The van der Waals surface area contributed by atoms with Crippen molar-refractivity contribution in [1.29, 1.82) is 0 Å². The molecule has 1 atom stereocenters. The molecule has 2 N–H and O–H groups in total. The molecule has 0 radical (unpaired) electrons. The third-order valence-corrected chi connectivity index (χ3v) is 4.80. The molecule has 1 aromatic heterocycles. The smallest absolute Gasteiger partial charge is 0.109 e.